The highest BCUT2D eigenvalue weighted by atomic mass is 79.9. The number of anilines is 1. The molecule has 0 aromatic heterocycles. The lowest BCUT2D eigenvalue weighted by molar-refractivity contribution is 0.102. The van der Waals surface area contributed by atoms with E-state index in [4.69, 9.17) is 34.8 Å². The summed E-state index contributed by atoms with van der Waals surface area (Å²) >= 11 is 21.2. The fraction of sp³-hybridized carbons (Fsp3) is 0. The molecule has 0 saturated carbocycles. The molecule has 2 rings (SSSR count). The van der Waals surface area contributed by atoms with Crippen LogP contribution in [0.25, 0.3) is 0 Å². The van der Waals surface area contributed by atoms with E-state index >= 15 is 0 Å². The number of hydrogen-bond donors (Lipinski definition) is 1. The van der Waals surface area contributed by atoms with Gasteiger partial charge in [-0.3, -0.25) is 4.79 Å². The molecule has 0 bridgehead atoms. The minimum absolute atomic E-state index is 0.234. The van der Waals surface area contributed by atoms with Gasteiger partial charge in [-0.05, 0) is 40.2 Å². The highest BCUT2D eigenvalue weighted by Gasteiger charge is 2.16. The molecule has 6 heteroatoms. The van der Waals surface area contributed by atoms with Crippen LogP contribution in [0.5, 0.6) is 0 Å². The van der Waals surface area contributed by atoms with E-state index in [1.165, 1.54) is 0 Å². The third kappa shape index (κ3) is 3.23. The molecule has 2 aromatic rings. The van der Waals surface area contributed by atoms with Crippen LogP contribution in [0.4, 0.5) is 5.69 Å². The van der Waals surface area contributed by atoms with Gasteiger partial charge in [0.15, 0.2) is 0 Å². The quantitative estimate of drug-likeness (QED) is 0.716. The first-order chi connectivity index (χ1) is 9.00. The van der Waals surface area contributed by atoms with Crippen molar-refractivity contribution in [3.8, 4) is 0 Å². The van der Waals surface area contributed by atoms with Crippen LogP contribution in [0, 0.1) is 0 Å². The van der Waals surface area contributed by atoms with Crippen molar-refractivity contribution in [2.75, 3.05) is 5.32 Å². The Morgan fingerprint density at radius 1 is 0.947 bits per heavy atom. The Morgan fingerprint density at radius 2 is 1.47 bits per heavy atom. The van der Waals surface area contributed by atoms with Crippen LogP contribution < -0.4 is 5.32 Å². The van der Waals surface area contributed by atoms with Crippen LogP contribution in [0.1, 0.15) is 10.4 Å². The summed E-state index contributed by atoms with van der Waals surface area (Å²) in [4.78, 5) is 12.2. The molecule has 2 aromatic carbocycles. The Balaban J connectivity index is 2.34. The van der Waals surface area contributed by atoms with Gasteiger partial charge in [0, 0.05) is 0 Å². The van der Waals surface area contributed by atoms with Crippen LogP contribution in [0.2, 0.25) is 15.1 Å². The lowest BCUT2D eigenvalue weighted by Gasteiger charge is -2.10. The second-order valence-electron chi connectivity index (χ2n) is 3.65. The van der Waals surface area contributed by atoms with E-state index in [1.807, 2.05) is 0 Å². The molecular weight excluding hydrogens is 372 g/mol. The van der Waals surface area contributed by atoms with E-state index in [-0.39, 0.29) is 5.56 Å². The highest BCUT2D eigenvalue weighted by molar-refractivity contribution is 9.10. The number of hydrogen-bond acceptors (Lipinski definition) is 1. The van der Waals surface area contributed by atoms with Crippen LogP contribution in [0.15, 0.2) is 40.9 Å². The Morgan fingerprint density at radius 3 is 2.11 bits per heavy atom. The van der Waals surface area contributed by atoms with E-state index in [9.17, 15) is 4.79 Å². The second-order valence-corrected chi connectivity index (χ2v) is 5.67. The summed E-state index contributed by atoms with van der Waals surface area (Å²) in [5.41, 5.74) is 0.784. The van der Waals surface area contributed by atoms with Crippen molar-refractivity contribution in [3.63, 3.8) is 0 Å². The molecule has 0 fully saturated rings. The number of amides is 1. The predicted molar refractivity (Wildman–Crippen MR) is 83.6 cm³/mol. The van der Waals surface area contributed by atoms with Gasteiger partial charge >= 0.3 is 0 Å². The van der Waals surface area contributed by atoms with Crippen LogP contribution in [0.3, 0.4) is 0 Å². The molecule has 0 atom stereocenters. The Kier molecular flexibility index (Phi) is 4.74. The van der Waals surface area contributed by atoms with Crippen molar-refractivity contribution in [2.45, 2.75) is 0 Å². The molecule has 0 unspecified atom stereocenters. The first-order valence-corrected chi connectivity index (χ1v) is 7.12. The number of nitrogens with one attached hydrogen (secondary N) is 1. The third-order valence-corrected chi connectivity index (χ3v) is 4.42. The third-order valence-electron chi connectivity index (χ3n) is 2.39. The van der Waals surface area contributed by atoms with Gasteiger partial charge in [0.05, 0.1) is 30.8 Å². The van der Waals surface area contributed by atoms with Crippen LogP contribution in [-0.2, 0) is 0 Å². The van der Waals surface area contributed by atoms with E-state index in [0.29, 0.717) is 25.2 Å². The summed E-state index contributed by atoms with van der Waals surface area (Å²) in [6.45, 7) is 0. The normalized spacial score (nSPS) is 10.3. The fourth-order valence-electron chi connectivity index (χ4n) is 1.50. The van der Waals surface area contributed by atoms with Gasteiger partial charge in [-0.15, -0.1) is 0 Å². The average Bonchev–Trinajstić information content (AvgIpc) is 2.35. The summed E-state index contributed by atoms with van der Waals surface area (Å²) in [6, 6.07) is 10.1. The molecule has 1 amide bonds. The molecule has 98 valence electrons. The van der Waals surface area contributed by atoms with Crippen molar-refractivity contribution in [3.05, 3.63) is 61.5 Å². The Labute approximate surface area is 133 Å². The van der Waals surface area contributed by atoms with Crippen molar-refractivity contribution in [2.24, 2.45) is 0 Å². The smallest absolute Gasteiger partial charge is 0.258 e. The number of rotatable bonds is 2. The summed E-state index contributed by atoms with van der Waals surface area (Å²) in [5, 5.41) is 3.80. The van der Waals surface area contributed by atoms with E-state index in [0.717, 1.165) is 0 Å². The number of benzene rings is 2. The molecule has 0 aliphatic rings. The molecule has 0 radical (unpaired) electrons. The minimum Gasteiger partial charge on any atom is -0.321 e. The average molecular weight is 379 g/mol. The minimum atomic E-state index is -0.390. The number of carbonyl (C=O) groups excluding carboxylic acids is 1. The molecule has 0 saturated heterocycles. The number of carbonyl (C=O) groups is 1. The van der Waals surface area contributed by atoms with Crippen molar-refractivity contribution < 1.29 is 4.79 Å². The maximum atomic E-state index is 12.2. The van der Waals surface area contributed by atoms with Crippen molar-refractivity contribution in [1.29, 1.82) is 0 Å². The zero-order valence-corrected chi connectivity index (χ0v) is 13.2. The van der Waals surface area contributed by atoms with Gasteiger partial charge in [-0.25, -0.2) is 0 Å². The van der Waals surface area contributed by atoms with Gasteiger partial charge in [-0.1, -0.05) is 46.9 Å². The molecule has 1 N–H and O–H groups in total. The summed E-state index contributed by atoms with van der Waals surface area (Å²) < 4.78 is 0.605. The van der Waals surface area contributed by atoms with Gasteiger partial charge in [0.25, 0.3) is 5.91 Å². The van der Waals surface area contributed by atoms with E-state index in [2.05, 4.69) is 21.2 Å². The Hall–Kier alpha value is -0.740. The first-order valence-electron chi connectivity index (χ1n) is 5.20. The maximum absolute atomic E-state index is 12.2. The molecule has 0 heterocycles. The zero-order chi connectivity index (χ0) is 14.0. The molecule has 0 aliphatic carbocycles. The molecular formula is C13H7BrCl3NO. The standard InChI is InChI=1S/C13H7BrCl3NO/c14-12-9(17)5-2-6-10(12)18-13(19)11-7(15)3-1-4-8(11)16/h1-6H,(H,18,19). The Bertz CT molecular complexity index is 626. The first kappa shape index (κ1) is 14.7. The fourth-order valence-corrected chi connectivity index (χ4v) is 2.61. The maximum Gasteiger partial charge on any atom is 0.258 e. The van der Waals surface area contributed by atoms with Gasteiger partial charge in [-0.2, -0.15) is 0 Å². The van der Waals surface area contributed by atoms with Crippen molar-refractivity contribution in [1.82, 2.24) is 0 Å². The molecule has 0 aliphatic heterocycles. The lowest BCUT2D eigenvalue weighted by atomic mass is 10.2. The van der Waals surface area contributed by atoms with Crippen LogP contribution in [-0.4, -0.2) is 5.91 Å². The largest absolute Gasteiger partial charge is 0.321 e. The summed E-state index contributed by atoms with van der Waals surface area (Å²) in [7, 11) is 0. The second kappa shape index (κ2) is 6.14. The van der Waals surface area contributed by atoms with Gasteiger partial charge < -0.3 is 5.32 Å². The zero-order valence-electron chi connectivity index (χ0n) is 9.38. The summed E-state index contributed by atoms with van der Waals surface area (Å²) in [5.74, 6) is -0.390. The highest BCUT2D eigenvalue weighted by Crippen LogP contribution is 2.31. The van der Waals surface area contributed by atoms with Crippen LogP contribution >= 0.6 is 50.7 Å². The monoisotopic (exact) mass is 377 g/mol. The van der Waals surface area contributed by atoms with E-state index < -0.39 is 5.91 Å². The SMILES string of the molecule is O=C(Nc1cccc(Cl)c1Br)c1c(Cl)cccc1Cl. The van der Waals surface area contributed by atoms with Gasteiger partial charge in [0.1, 0.15) is 0 Å². The van der Waals surface area contributed by atoms with Crippen molar-refractivity contribution >= 4 is 62.3 Å². The van der Waals surface area contributed by atoms with Gasteiger partial charge in [0.2, 0.25) is 0 Å². The molecule has 19 heavy (non-hydrogen) atoms. The van der Waals surface area contributed by atoms with E-state index in [1.54, 1.807) is 36.4 Å². The molecule has 2 nitrogen and oxygen atoms in total. The summed E-state index contributed by atoms with van der Waals surface area (Å²) in [6.07, 6.45) is 0. The predicted octanol–water partition coefficient (Wildman–Crippen LogP) is 5.66. The number of halogens is 4. The lowest BCUT2D eigenvalue weighted by Crippen LogP contribution is -2.13. The molecule has 0 spiro atoms. The topological polar surface area (TPSA) is 29.1 Å².